The van der Waals surface area contributed by atoms with Crippen LogP contribution in [0.2, 0.25) is 5.02 Å². The highest BCUT2D eigenvalue weighted by Crippen LogP contribution is 2.29. The van der Waals surface area contributed by atoms with Crippen molar-refractivity contribution in [3.05, 3.63) is 68.7 Å². The third-order valence-electron chi connectivity index (χ3n) is 3.26. The molecule has 1 N–H and O–H groups in total. The molecule has 2 aromatic carbocycles. The molecule has 2 aromatic rings. The Morgan fingerprint density at radius 2 is 1.90 bits per heavy atom. The topological polar surface area (TPSA) is 12.0 Å². The molecule has 0 amide bonds. The van der Waals surface area contributed by atoms with Gasteiger partial charge in [0.15, 0.2) is 0 Å². The zero-order valence-electron chi connectivity index (χ0n) is 11.5. The first-order chi connectivity index (χ1) is 10.0. The Balaban J connectivity index is 2.35. The van der Waals surface area contributed by atoms with E-state index in [1.807, 2.05) is 13.0 Å². The van der Waals surface area contributed by atoms with Crippen molar-refractivity contribution in [2.45, 2.75) is 19.4 Å². The van der Waals surface area contributed by atoms with Gasteiger partial charge in [-0.1, -0.05) is 42.8 Å². The van der Waals surface area contributed by atoms with E-state index in [9.17, 15) is 8.78 Å². The first kappa shape index (κ1) is 16.4. The summed E-state index contributed by atoms with van der Waals surface area (Å²) >= 11 is 9.09. The Morgan fingerprint density at radius 1 is 1.19 bits per heavy atom. The maximum absolute atomic E-state index is 14.2. The number of hydrogen-bond donors (Lipinski definition) is 1. The largest absolute Gasteiger partial charge is 0.310 e. The van der Waals surface area contributed by atoms with Gasteiger partial charge in [0, 0.05) is 11.6 Å². The van der Waals surface area contributed by atoms with Crippen LogP contribution in [0, 0.1) is 11.6 Å². The zero-order chi connectivity index (χ0) is 15.4. The first-order valence-corrected chi connectivity index (χ1v) is 7.81. The molecule has 1 atom stereocenters. The van der Waals surface area contributed by atoms with Crippen LogP contribution in [0.1, 0.15) is 24.1 Å². The Morgan fingerprint density at radius 3 is 2.62 bits per heavy atom. The predicted molar refractivity (Wildman–Crippen MR) is 85.6 cm³/mol. The summed E-state index contributed by atoms with van der Waals surface area (Å²) in [5, 5.41) is 3.31. The van der Waals surface area contributed by atoms with Crippen molar-refractivity contribution in [1.29, 1.82) is 0 Å². The Hall–Kier alpha value is -0.970. The van der Waals surface area contributed by atoms with Crippen LogP contribution in [0.3, 0.4) is 0 Å². The van der Waals surface area contributed by atoms with E-state index < -0.39 is 5.82 Å². The molecule has 21 heavy (non-hydrogen) atoms. The van der Waals surface area contributed by atoms with Crippen molar-refractivity contribution < 1.29 is 8.78 Å². The van der Waals surface area contributed by atoms with Crippen LogP contribution < -0.4 is 5.32 Å². The van der Waals surface area contributed by atoms with Crippen LogP contribution in [0.5, 0.6) is 0 Å². The fourth-order valence-electron chi connectivity index (χ4n) is 2.25. The molecule has 0 radical (unpaired) electrons. The van der Waals surface area contributed by atoms with Crippen LogP contribution in [0.4, 0.5) is 8.78 Å². The molecule has 5 heteroatoms. The lowest BCUT2D eigenvalue weighted by molar-refractivity contribution is 0.508. The molecule has 0 bridgehead atoms. The van der Waals surface area contributed by atoms with Crippen LogP contribution in [-0.4, -0.2) is 6.54 Å². The van der Waals surface area contributed by atoms with Gasteiger partial charge >= 0.3 is 0 Å². The average molecular weight is 375 g/mol. The Labute approximate surface area is 136 Å². The summed E-state index contributed by atoms with van der Waals surface area (Å²) in [6, 6.07) is 9.50. The number of nitrogens with one attached hydrogen (secondary N) is 1. The molecule has 1 unspecified atom stereocenters. The van der Waals surface area contributed by atoms with Gasteiger partial charge in [0.25, 0.3) is 0 Å². The summed E-state index contributed by atoms with van der Waals surface area (Å²) in [5.41, 5.74) is 1.26. The smallest absolute Gasteiger partial charge is 0.146 e. The lowest BCUT2D eigenvalue weighted by atomic mass is 9.98. The van der Waals surface area contributed by atoms with Crippen molar-refractivity contribution in [3.63, 3.8) is 0 Å². The van der Waals surface area contributed by atoms with Crippen LogP contribution in [0.15, 0.2) is 40.9 Å². The summed E-state index contributed by atoms with van der Waals surface area (Å²) in [4.78, 5) is 0. The molecule has 0 aliphatic carbocycles. The molecule has 0 aromatic heterocycles. The van der Waals surface area contributed by atoms with Gasteiger partial charge in [0.2, 0.25) is 0 Å². The minimum Gasteiger partial charge on any atom is -0.310 e. The van der Waals surface area contributed by atoms with E-state index in [4.69, 9.17) is 11.6 Å². The lowest BCUT2D eigenvalue weighted by Gasteiger charge is -2.20. The van der Waals surface area contributed by atoms with Gasteiger partial charge in [-0.15, -0.1) is 0 Å². The van der Waals surface area contributed by atoms with Crippen LogP contribution >= 0.6 is 27.5 Å². The van der Waals surface area contributed by atoms with Crippen LogP contribution in [-0.2, 0) is 6.42 Å². The van der Waals surface area contributed by atoms with Crippen molar-refractivity contribution in [3.8, 4) is 0 Å². The molecule has 1 nitrogen and oxygen atoms in total. The number of likely N-dealkylation sites (N-methyl/N-ethyl adjacent to an activating group) is 1. The number of hydrogen-bond acceptors (Lipinski definition) is 1. The van der Waals surface area contributed by atoms with E-state index in [-0.39, 0.29) is 16.9 Å². The van der Waals surface area contributed by atoms with E-state index in [0.717, 1.165) is 5.56 Å². The Kier molecular flexibility index (Phi) is 5.73. The minimum absolute atomic E-state index is 0.0914. The van der Waals surface area contributed by atoms with E-state index in [0.29, 0.717) is 23.0 Å². The van der Waals surface area contributed by atoms with E-state index in [2.05, 4.69) is 21.2 Å². The molecule has 0 heterocycles. The van der Waals surface area contributed by atoms with Gasteiger partial charge in [-0.2, -0.15) is 0 Å². The second-order valence-electron chi connectivity index (χ2n) is 4.67. The maximum atomic E-state index is 14.2. The summed E-state index contributed by atoms with van der Waals surface area (Å²) in [5.74, 6) is -0.757. The Bertz CT molecular complexity index is 634. The van der Waals surface area contributed by atoms with Crippen LogP contribution in [0.25, 0.3) is 0 Å². The average Bonchev–Trinajstić information content (AvgIpc) is 2.46. The summed E-state index contributed by atoms with van der Waals surface area (Å²) in [6.45, 7) is 2.61. The normalized spacial score (nSPS) is 12.4. The third-order valence-corrected chi connectivity index (χ3v) is 4.44. The summed E-state index contributed by atoms with van der Waals surface area (Å²) in [7, 11) is 0. The number of benzene rings is 2. The lowest BCUT2D eigenvalue weighted by Crippen LogP contribution is -2.24. The van der Waals surface area contributed by atoms with E-state index in [1.165, 1.54) is 12.1 Å². The SMILES string of the molecule is CCNC(Cc1cccc(F)c1Br)c1cccc(Cl)c1F. The molecular formula is C16H15BrClF2N. The van der Waals surface area contributed by atoms with Gasteiger partial charge in [0.1, 0.15) is 11.6 Å². The van der Waals surface area contributed by atoms with E-state index in [1.54, 1.807) is 18.2 Å². The highest BCUT2D eigenvalue weighted by Gasteiger charge is 2.19. The zero-order valence-corrected chi connectivity index (χ0v) is 13.8. The number of rotatable bonds is 5. The molecule has 0 fully saturated rings. The molecular weight excluding hydrogens is 360 g/mol. The van der Waals surface area contributed by atoms with Gasteiger partial charge < -0.3 is 5.32 Å². The summed E-state index contributed by atoms with van der Waals surface area (Å²) < 4.78 is 28.2. The fourth-order valence-corrected chi connectivity index (χ4v) is 2.86. The first-order valence-electron chi connectivity index (χ1n) is 6.64. The predicted octanol–water partition coefficient (Wildman–Crippen LogP) is 5.27. The van der Waals surface area contributed by atoms with Crippen molar-refractivity contribution in [2.75, 3.05) is 6.54 Å². The van der Waals surface area contributed by atoms with Crippen molar-refractivity contribution >= 4 is 27.5 Å². The second kappa shape index (κ2) is 7.34. The standard InChI is InChI=1S/C16H15BrClF2N/c1-2-21-14(11-6-4-7-12(18)16(11)20)9-10-5-3-8-13(19)15(10)17/h3-8,14,21H,2,9H2,1H3. The quantitative estimate of drug-likeness (QED) is 0.751. The van der Waals surface area contributed by atoms with Crippen molar-refractivity contribution in [2.24, 2.45) is 0 Å². The molecule has 0 saturated carbocycles. The highest BCUT2D eigenvalue weighted by atomic mass is 79.9. The van der Waals surface area contributed by atoms with Gasteiger partial charge in [-0.05, 0) is 46.6 Å². The van der Waals surface area contributed by atoms with Gasteiger partial charge in [0.05, 0.1) is 9.50 Å². The monoisotopic (exact) mass is 373 g/mol. The molecule has 0 spiro atoms. The second-order valence-corrected chi connectivity index (χ2v) is 5.87. The third kappa shape index (κ3) is 3.82. The number of halogens is 4. The van der Waals surface area contributed by atoms with Gasteiger partial charge in [-0.3, -0.25) is 0 Å². The van der Waals surface area contributed by atoms with E-state index >= 15 is 0 Å². The molecule has 0 aliphatic rings. The maximum Gasteiger partial charge on any atom is 0.146 e. The minimum atomic E-state index is -0.433. The fraction of sp³-hybridized carbons (Fsp3) is 0.250. The van der Waals surface area contributed by atoms with Crippen molar-refractivity contribution in [1.82, 2.24) is 5.32 Å². The molecule has 2 rings (SSSR count). The van der Waals surface area contributed by atoms with Gasteiger partial charge in [-0.25, -0.2) is 8.78 Å². The highest BCUT2D eigenvalue weighted by molar-refractivity contribution is 9.10. The molecule has 112 valence electrons. The summed E-state index contributed by atoms with van der Waals surface area (Å²) in [6.07, 6.45) is 0.462. The molecule has 0 saturated heterocycles. The molecule has 0 aliphatic heterocycles.